The Morgan fingerprint density at radius 2 is 1.48 bits per heavy atom. The molecule has 23 heavy (non-hydrogen) atoms. The summed E-state index contributed by atoms with van der Waals surface area (Å²) in [7, 11) is 1.92. The number of hydrogen-bond acceptors (Lipinski definition) is 2. The quantitative estimate of drug-likeness (QED) is 0.823. The highest BCUT2D eigenvalue weighted by atomic mass is 35.5. The van der Waals surface area contributed by atoms with Gasteiger partial charge in [0.25, 0.3) is 0 Å². The highest BCUT2D eigenvalue weighted by Gasteiger charge is 2.07. The van der Waals surface area contributed by atoms with E-state index in [0.717, 1.165) is 27.6 Å². The first-order chi connectivity index (χ1) is 11.0. The van der Waals surface area contributed by atoms with E-state index in [2.05, 4.69) is 5.32 Å². The average Bonchev–Trinajstić information content (AvgIpc) is 2.51. The Kier molecular flexibility index (Phi) is 6.90. The Balaban J connectivity index is 1.69. The molecule has 0 radical (unpaired) electrons. The van der Waals surface area contributed by atoms with Crippen LogP contribution in [0.5, 0.6) is 0 Å². The number of amides is 1. The zero-order valence-electron chi connectivity index (χ0n) is 13.1. The molecule has 0 atom stereocenters. The monoisotopic (exact) mass is 350 g/mol. The summed E-state index contributed by atoms with van der Waals surface area (Å²) in [4.78, 5) is 13.9. The van der Waals surface area contributed by atoms with E-state index >= 15 is 0 Å². The first-order valence-corrected chi connectivity index (χ1v) is 8.22. The summed E-state index contributed by atoms with van der Waals surface area (Å²) in [6.07, 6.45) is 0.795. The van der Waals surface area contributed by atoms with Crippen LogP contribution in [-0.4, -0.2) is 30.9 Å². The van der Waals surface area contributed by atoms with Crippen LogP contribution in [-0.2, 0) is 17.8 Å². The fraction of sp³-hybridized carbons (Fsp3) is 0.278. The Morgan fingerprint density at radius 1 is 0.957 bits per heavy atom. The van der Waals surface area contributed by atoms with Crippen molar-refractivity contribution in [1.82, 2.24) is 10.2 Å². The number of carbonyl (C=O) groups excluding carboxylic acids is 1. The smallest absolute Gasteiger partial charge is 0.234 e. The molecule has 0 heterocycles. The van der Waals surface area contributed by atoms with Crippen molar-refractivity contribution in [2.75, 3.05) is 20.1 Å². The zero-order valence-corrected chi connectivity index (χ0v) is 14.6. The molecule has 0 spiro atoms. The Bertz CT molecular complexity index is 626. The molecule has 0 bridgehead atoms. The van der Waals surface area contributed by atoms with Crippen LogP contribution in [0.2, 0.25) is 10.0 Å². The van der Waals surface area contributed by atoms with Crippen molar-refractivity contribution in [2.45, 2.75) is 13.0 Å². The van der Waals surface area contributed by atoms with E-state index in [1.807, 2.05) is 60.5 Å². The molecular weight excluding hydrogens is 331 g/mol. The van der Waals surface area contributed by atoms with Gasteiger partial charge >= 0.3 is 0 Å². The maximum atomic E-state index is 11.9. The molecule has 0 aliphatic rings. The van der Waals surface area contributed by atoms with Crippen LogP contribution in [0.4, 0.5) is 0 Å². The lowest BCUT2D eigenvalue weighted by Crippen LogP contribution is -2.35. The minimum Gasteiger partial charge on any atom is -0.355 e. The summed E-state index contributed by atoms with van der Waals surface area (Å²) >= 11 is 11.7. The number of likely N-dealkylation sites (N-methyl/N-ethyl adjacent to an activating group) is 1. The largest absolute Gasteiger partial charge is 0.355 e. The Labute approximate surface area is 147 Å². The molecule has 3 nitrogen and oxygen atoms in total. The van der Waals surface area contributed by atoms with Gasteiger partial charge in [-0.25, -0.2) is 0 Å². The summed E-state index contributed by atoms with van der Waals surface area (Å²) in [5.41, 5.74) is 2.29. The summed E-state index contributed by atoms with van der Waals surface area (Å²) in [5, 5.41) is 4.38. The maximum Gasteiger partial charge on any atom is 0.234 e. The molecule has 2 rings (SSSR count). The van der Waals surface area contributed by atoms with Crippen molar-refractivity contribution < 1.29 is 4.79 Å². The van der Waals surface area contributed by atoms with Crippen molar-refractivity contribution in [3.8, 4) is 0 Å². The highest BCUT2D eigenvalue weighted by molar-refractivity contribution is 6.30. The van der Waals surface area contributed by atoms with Crippen molar-refractivity contribution >= 4 is 29.1 Å². The van der Waals surface area contributed by atoms with Gasteiger partial charge in [0.15, 0.2) is 0 Å². The molecule has 0 aliphatic heterocycles. The van der Waals surface area contributed by atoms with E-state index in [9.17, 15) is 4.79 Å². The number of rotatable bonds is 7. The first-order valence-electron chi connectivity index (χ1n) is 7.47. The van der Waals surface area contributed by atoms with Gasteiger partial charge in [-0.3, -0.25) is 9.69 Å². The molecule has 0 saturated heterocycles. The molecule has 1 N–H and O–H groups in total. The van der Waals surface area contributed by atoms with Gasteiger partial charge in [0, 0.05) is 23.1 Å². The van der Waals surface area contributed by atoms with Crippen LogP contribution >= 0.6 is 23.2 Å². The van der Waals surface area contributed by atoms with Crippen LogP contribution in [0.3, 0.4) is 0 Å². The molecule has 2 aromatic carbocycles. The number of nitrogens with one attached hydrogen (secondary N) is 1. The normalized spacial score (nSPS) is 10.8. The van der Waals surface area contributed by atoms with Gasteiger partial charge in [-0.05, 0) is 48.9 Å². The van der Waals surface area contributed by atoms with E-state index < -0.39 is 0 Å². The second-order valence-corrected chi connectivity index (χ2v) is 6.40. The minimum absolute atomic E-state index is 0.0235. The van der Waals surface area contributed by atoms with Gasteiger partial charge in [-0.15, -0.1) is 0 Å². The standard InChI is InChI=1S/C18H20Cl2N2O/c1-22(12-15-4-8-17(20)9-5-15)13-18(23)21-11-10-14-2-6-16(19)7-3-14/h2-9H,10-13H2,1H3,(H,21,23). The van der Waals surface area contributed by atoms with Gasteiger partial charge in [0.1, 0.15) is 0 Å². The summed E-state index contributed by atoms with van der Waals surface area (Å²) in [5.74, 6) is 0.0235. The lowest BCUT2D eigenvalue weighted by atomic mass is 10.1. The van der Waals surface area contributed by atoms with E-state index in [1.54, 1.807) is 0 Å². The zero-order chi connectivity index (χ0) is 16.7. The first kappa shape index (κ1) is 17.8. The van der Waals surface area contributed by atoms with Gasteiger partial charge in [-0.1, -0.05) is 47.5 Å². The van der Waals surface area contributed by atoms with Crippen LogP contribution in [0, 0.1) is 0 Å². The molecule has 5 heteroatoms. The van der Waals surface area contributed by atoms with Gasteiger partial charge in [0.2, 0.25) is 5.91 Å². The van der Waals surface area contributed by atoms with Gasteiger partial charge in [-0.2, -0.15) is 0 Å². The molecule has 2 aromatic rings. The molecule has 1 amide bonds. The number of hydrogen-bond donors (Lipinski definition) is 1. The molecular formula is C18H20Cl2N2O. The summed E-state index contributed by atoms with van der Waals surface area (Å²) in [6, 6.07) is 15.3. The molecule has 0 aromatic heterocycles. The number of nitrogens with zero attached hydrogens (tertiary/aromatic N) is 1. The SMILES string of the molecule is CN(CC(=O)NCCc1ccc(Cl)cc1)Cc1ccc(Cl)cc1. The molecule has 0 aliphatic carbocycles. The number of halogens is 2. The van der Waals surface area contributed by atoms with Crippen LogP contribution in [0.15, 0.2) is 48.5 Å². The fourth-order valence-electron chi connectivity index (χ4n) is 2.26. The van der Waals surface area contributed by atoms with Gasteiger partial charge < -0.3 is 5.32 Å². The van der Waals surface area contributed by atoms with Gasteiger partial charge in [0.05, 0.1) is 6.54 Å². The lowest BCUT2D eigenvalue weighted by molar-refractivity contribution is -0.122. The summed E-state index contributed by atoms with van der Waals surface area (Å²) < 4.78 is 0. The fourth-order valence-corrected chi connectivity index (χ4v) is 2.51. The van der Waals surface area contributed by atoms with Crippen molar-refractivity contribution in [3.05, 3.63) is 69.7 Å². The van der Waals surface area contributed by atoms with E-state index in [0.29, 0.717) is 19.6 Å². The van der Waals surface area contributed by atoms with Crippen molar-refractivity contribution in [1.29, 1.82) is 0 Å². The average molecular weight is 351 g/mol. The lowest BCUT2D eigenvalue weighted by Gasteiger charge is -2.16. The maximum absolute atomic E-state index is 11.9. The third-order valence-corrected chi connectivity index (χ3v) is 3.93. The predicted octanol–water partition coefficient (Wildman–Crippen LogP) is 3.78. The Hall–Kier alpha value is -1.55. The Morgan fingerprint density at radius 3 is 2.04 bits per heavy atom. The highest BCUT2D eigenvalue weighted by Crippen LogP contribution is 2.11. The summed E-state index contributed by atoms with van der Waals surface area (Å²) in [6.45, 7) is 1.69. The molecule has 122 valence electrons. The van der Waals surface area contributed by atoms with Crippen LogP contribution in [0.1, 0.15) is 11.1 Å². The third-order valence-electron chi connectivity index (χ3n) is 3.43. The van der Waals surface area contributed by atoms with Crippen molar-refractivity contribution in [3.63, 3.8) is 0 Å². The van der Waals surface area contributed by atoms with Crippen LogP contribution < -0.4 is 5.32 Å². The molecule has 0 unspecified atom stereocenters. The molecule has 0 fully saturated rings. The topological polar surface area (TPSA) is 32.3 Å². The number of benzene rings is 2. The minimum atomic E-state index is 0.0235. The van der Waals surface area contributed by atoms with E-state index in [-0.39, 0.29) is 5.91 Å². The second-order valence-electron chi connectivity index (χ2n) is 5.53. The van der Waals surface area contributed by atoms with E-state index in [1.165, 1.54) is 0 Å². The van der Waals surface area contributed by atoms with E-state index in [4.69, 9.17) is 23.2 Å². The predicted molar refractivity (Wildman–Crippen MR) is 96.0 cm³/mol. The second kappa shape index (κ2) is 8.92. The number of carbonyl (C=O) groups is 1. The van der Waals surface area contributed by atoms with Crippen LogP contribution in [0.25, 0.3) is 0 Å². The molecule has 0 saturated carbocycles. The van der Waals surface area contributed by atoms with Crippen molar-refractivity contribution in [2.24, 2.45) is 0 Å². The third kappa shape index (κ3) is 6.61.